The van der Waals surface area contributed by atoms with Gasteiger partial charge in [0, 0.05) is 32.4 Å². The van der Waals surface area contributed by atoms with E-state index in [4.69, 9.17) is 0 Å². The van der Waals surface area contributed by atoms with Crippen molar-refractivity contribution < 1.29 is 9.59 Å². The molecule has 9 heteroatoms. The Kier molecular flexibility index (Phi) is 5.46. The monoisotopic (exact) mass is 397 g/mol. The van der Waals surface area contributed by atoms with E-state index in [1.54, 1.807) is 22.0 Å². The molecule has 4 rings (SSSR count). The van der Waals surface area contributed by atoms with E-state index in [1.165, 1.54) is 0 Å². The zero-order chi connectivity index (χ0) is 20.4. The van der Waals surface area contributed by atoms with Crippen molar-refractivity contribution in [1.82, 2.24) is 29.8 Å². The lowest BCUT2D eigenvalue weighted by molar-refractivity contribution is -0.145. The zero-order valence-corrected chi connectivity index (χ0v) is 16.9. The summed E-state index contributed by atoms with van der Waals surface area (Å²) in [5.74, 6) is 1.22. The lowest BCUT2D eigenvalue weighted by Crippen LogP contribution is -2.53. The molecule has 0 spiro atoms. The number of amides is 2. The number of piperazine rings is 1. The highest BCUT2D eigenvalue weighted by Crippen LogP contribution is 2.26. The van der Waals surface area contributed by atoms with Gasteiger partial charge in [0.15, 0.2) is 0 Å². The van der Waals surface area contributed by atoms with Crippen LogP contribution >= 0.6 is 0 Å². The minimum Gasteiger partial charge on any atom is -0.353 e. The third-order valence-electron chi connectivity index (χ3n) is 5.52. The van der Waals surface area contributed by atoms with E-state index in [9.17, 15) is 9.59 Å². The molecule has 0 bridgehead atoms. The van der Waals surface area contributed by atoms with Gasteiger partial charge in [-0.15, -0.1) is 5.10 Å². The van der Waals surface area contributed by atoms with Gasteiger partial charge in [-0.1, -0.05) is 25.1 Å². The van der Waals surface area contributed by atoms with Crippen molar-refractivity contribution in [3.05, 3.63) is 36.3 Å². The molecule has 0 radical (unpaired) electrons. The van der Waals surface area contributed by atoms with Crippen LogP contribution in [-0.2, 0) is 16.1 Å². The van der Waals surface area contributed by atoms with E-state index >= 15 is 0 Å². The topological polar surface area (TPSA) is 87.5 Å². The second kappa shape index (κ2) is 8.18. The van der Waals surface area contributed by atoms with Crippen LogP contribution < -0.4 is 4.90 Å². The molecule has 1 fully saturated rings. The van der Waals surface area contributed by atoms with E-state index in [1.807, 2.05) is 23.1 Å². The maximum Gasteiger partial charge on any atom is 0.248 e. The van der Waals surface area contributed by atoms with Crippen molar-refractivity contribution in [1.29, 1.82) is 0 Å². The molecule has 0 aromatic carbocycles. The van der Waals surface area contributed by atoms with Crippen LogP contribution in [0, 0.1) is 5.92 Å². The van der Waals surface area contributed by atoms with Gasteiger partial charge < -0.3 is 14.7 Å². The number of nitrogens with zero attached hydrogens (tertiary/aromatic N) is 7. The smallest absolute Gasteiger partial charge is 0.248 e. The fraction of sp³-hybridized carbons (Fsp3) is 0.550. The first-order chi connectivity index (χ1) is 14.0. The summed E-state index contributed by atoms with van der Waals surface area (Å²) in [6, 6.07) is 5.47. The third kappa shape index (κ3) is 4.08. The normalized spacial score (nSPS) is 19.6. The zero-order valence-electron chi connectivity index (χ0n) is 16.9. The number of anilines is 1. The molecule has 0 aliphatic carbocycles. The molecule has 1 saturated heterocycles. The van der Waals surface area contributed by atoms with Crippen molar-refractivity contribution in [2.75, 3.05) is 37.6 Å². The standard InChI is InChI=1S/C20H27N7O2/c1-15(2)11-17-20(29)26(13-16-12-22-23-27(16)17)14-19(28)25-9-7-24(8-10-25)18-5-3-4-6-21-18/h3-6,12,15,17H,7-11,13-14H2,1-2H3/t17-/m0/s1. The highest BCUT2D eigenvalue weighted by atomic mass is 16.2. The lowest BCUT2D eigenvalue weighted by atomic mass is 10.0. The van der Waals surface area contributed by atoms with E-state index in [-0.39, 0.29) is 24.4 Å². The molecule has 29 heavy (non-hydrogen) atoms. The molecule has 9 nitrogen and oxygen atoms in total. The van der Waals surface area contributed by atoms with Gasteiger partial charge in [0.05, 0.1) is 18.4 Å². The Morgan fingerprint density at radius 1 is 1.21 bits per heavy atom. The van der Waals surface area contributed by atoms with Gasteiger partial charge in [0.25, 0.3) is 0 Å². The van der Waals surface area contributed by atoms with Gasteiger partial charge >= 0.3 is 0 Å². The average Bonchev–Trinajstić information content (AvgIpc) is 3.20. The van der Waals surface area contributed by atoms with Crippen LogP contribution in [0.3, 0.4) is 0 Å². The summed E-state index contributed by atoms with van der Waals surface area (Å²) in [6.07, 6.45) is 4.15. The maximum absolute atomic E-state index is 13.0. The van der Waals surface area contributed by atoms with Crippen molar-refractivity contribution in [3.63, 3.8) is 0 Å². The van der Waals surface area contributed by atoms with Crippen LogP contribution in [-0.4, -0.2) is 74.3 Å². The SMILES string of the molecule is CC(C)C[C@H]1C(=O)N(CC(=O)N2CCN(c3ccccn3)CC2)Cc2cnnn21. The Balaban J connectivity index is 1.38. The molecule has 0 unspecified atom stereocenters. The first kappa shape index (κ1) is 19.4. The maximum atomic E-state index is 13.0. The Morgan fingerprint density at radius 2 is 2.00 bits per heavy atom. The Hall–Kier alpha value is -2.97. The molecule has 2 aliphatic heterocycles. The number of hydrogen-bond donors (Lipinski definition) is 0. The predicted molar refractivity (Wildman–Crippen MR) is 107 cm³/mol. The molecule has 2 aliphatic rings. The van der Waals surface area contributed by atoms with Crippen LogP contribution in [0.25, 0.3) is 0 Å². The number of rotatable bonds is 5. The summed E-state index contributed by atoms with van der Waals surface area (Å²) in [6.45, 7) is 7.37. The fourth-order valence-electron chi connectivity index (χ4n) is 4.00. The first-order valence-electron chi connectivity index (χ1n) is 10.1. The summed E-state index contributed by atoms with van der Waals surface area (Å²) >= 11 is 0. The summed E-state index contributed by atoms with van der Waals surface area (Å²) in [4.78, 5) is 36.0. The minimum atomic E-state index is -0.380. The Morgan fingerprint density at radius 3 is 2.69 bits per heavy atom. The van der Waals surface area contributed by atoms with Crippen LogP contribution in [0.1, 0.15) is 32.0 Å². The van der Waals surface area contributed by atoms with Gasteiger partial charge in [-0.2, -0.15) is 0 Å². The number of carbonyl (C=O) groups excluding carboxylic acids is 2. The fourth-order valence-corrected chi connectivity index (χ4v) is 4.00. The van der Waals surface area contributed by atoms with E-state index in [2.05, 4.69) is 34.0 Å². The second-order valence-electron chi connectivity index (χ2n) is 8.07. The second-order valence-corrected chi connectivity index (χ2v) is 8.07. The van der Waals surface area contributed by atoms with E-state index in [0.717, 1.165) is 24.6 Å². The molecule has 2 aromatic heterocycles. The highest BCUT2D eigenvalue weighted by molar-refractivity contribution is 5.87. The van der Waals surface area contributed by atoms with Crippen LogP contribution in [0.4, 0.5) is 5.82 Å². The predicted octanol–water partition coefficient (Wildman–Crippen LogP) is 0.951. The van der Waals surface area contributed by atoms with Gasteiger partial charge in [0.2, 0.25) is 11.8 Å². The van der Waals surface area contributed by atoms with Crippen LogP contribution in [0.15, 0.2) is 30.6 Å². The summed E-state index contributed by atoms with van der Waals surface area (Å²) in [5, 5.41) is 8.06. The van der Waals surface area contributed by atoms with Crippen molar-refractivity contribution in [2.45, 2.75) is 32.9 Å². The quantitative estimate of drug-likeness (QED) is 0.747. The molecule has 2 aromatic rings. The Labute approximate surface area is 170 Å². The molecule has 154 valence electrons. The van der Waals surface area contributed by atoms with Gasteiger partial charge in [0.1, 0.15) is 18.4 Å². The Bertz CT molecular complexity index is 859. The molecule has 1 atom stereocenters. The van der Waals surface area contributed by atoms with E-state index in [0.29, 0.717) is 32.0 Å². The summed E-state index contributed by atoms with van der Waals surface area (Å²) in [5.41, 5.74) is 0.878. The summed E-state index contributed by atoms with van der Waals surface area (Å²) in [7, 11) is 0. The van der Waals surface area contributed by atoms with Crippen LogP contribution in [0.2, 0.25) is 0 Å². The molecule has 4 heterocycles. The largest absolute Gasteiger partial charge is 0.353 e. The highest BCUT2D eigenvalue weighted by Gasteiger charge is 2.36. The van der Waals surface area contributed by atoms with Crippen molar-refractivity contribution in [3.8, 4) is 0 Å². The molecular weight excluding hydrogens is 370 g/mol. The molecular formula is C20H27N7O2. The number of hydrogen-bond acceptors (Lipinski definition) is 6. The number of aromatic nitrogens is 4. The number of carbonyl (C=O) groups is 2. The lowest BCUT2D eigenvalue weighted by Gasteiger charge is -2.38. The van der Waals surface area contributed by atoms with Gasteiger partial charge in [-0.3, -0.25) is 9.59 Å². The van der Waals surface area contributed by atoms with Crippen LogP contribution in [0.5, 0.6) is 0 Å². The number of pyridine rings is 1. The van der Waals surface area contributed by atoms with Gasteiger partial charge in [-0.05, 0) is 24.5 Å². The van der Waals surface area contributed by atoms with Gasteiger partial charge in [-0.25, -0.2) is 9.67 Å². The summed E-state index contributed by atoms with van der Waals surface area (Å²) < 4.78 is 1.72. The third-order valence-corrected chi connectivity index (χ3v) is 5.52. The van der Waals surface area contributed by atoms with E-state index < -0.39 is 0 Å². The first-order valence-corrected chi connectivity index (χ1v) is 10.1. The molecule has 2 amide bonds. The minimum absolute atomic E-state index is 0.0109. The number of fused-ring (bicyclic) bond motifs is 1. The molecule has 0 saturated carbocycles. The molecule has 0 N–H and O–H groups in total. The van der Waals surface area contributed by atoms with Crippen molar-refractivity contribution in [2.24, 2.45) is 5.92 Å². The van der Waals surface area contributed by atoms with Crippen molar-refractivity contribution >= 4 is 17.6 Å². The average molecular weight is 397 g/mol.